The fraction of sp³-hybridized carbons (Fsp3) is 0.458. The van der Waals surface area contributed by atoms with Crippen LogP contribution >= 0.6 is 11.8 Å². The van der Waals surface area contributed by atoms with E-state index < -0.39 is 5.97 Å². The molecule has 0 saturated heterocycles. The molecule has 0 bridgehead atoms. The Morgan fingerprint density at radius 3 is 2.59 bits per heavy atom. The Bertz CT molecular complexity index is 790. The zero-order valence-electron chi connectivity index (χ0n) is 17.3. The minimum atomic E-state index is -0.765. The molecule has 1 unspecified atom stereocenters. The van der Waals surface area contributed by atoms with Crippen molar-refractivity contribution in [1.29, 1.82) is 0 Å². The first kappa shape index (κ1) is 21.7. The lowest BCUT2D eigenvalue weighted by Crippen LogP contribution is -2.45. The van der Waals surface area contributed by atoms with Gasteiger partial charge in [0.15, 0.2) is 0 Å². The van der Waals surface area contributed by atoms with Crippen molar-refractivity contribution in [1.82, 2.24) is 4.90 Å². The van der Waals surface area contributed by atoms with Gasteiger partial charge in [0.25, 0.3) is 0 Å². The monoisotopic (exact) mass is 413 g/mol. The second-order valence-corrected chi connectivity index (χ2v) is 9.02. The van der Waals surface area contributed by atoms with Crippen LogP contribution in [0.4, 0.5) is 0 Å². The predicted octanol–water partition coefficient (Wildman–Crippen LogP) is 5.63. The van der Waals surface area contributed by atoms with E-state index in [1.54, 1.807) is 11.8 Å². The number of hydrogen-bond acceptors (Lipinski definition) is 4. The Morgan fingerprint density at radius 2 is 1.90 bits per heavy atom. The molecule has 1 saturated carbocycles. The first-order valence-electron chi connectivity index (χ1n) is 10.5. The molecule has 156 valence electrons. The maximum absolute atomic E-state index is 11.4. The van der Waals surface area contributed by atoms with Crippen LogP contribution in [0.5, 0.6) is 5.75 Å². The highest BCUT2D eigenvalue weighted by Gasteiger charge is 2.25. The van der Waals surface area contributed by atoms with Gasteiger partial charge in [-0.05, 0) is 56.5 Å². The van der Waals surface area contributed by atoms with E-state index in [0.29, 0.717) is 12.6 Å². The Kier molecular flexibility index (Phi) is 8.01. The molecule has 0 spiro atoms. The number of aliphatic carboxylic acids is 1. The van der Waals surface area contributed by atoms with E-state index in [9.17, 15) is 9.90 Å². The molecule has 0 amide bonds. The number of carboxylic acid groups (broad SMARTS) is 1. The Labute approximate surface area is 178 Å². The van der Waals surface area contributed by atoms with Crippen LogP contribution in [0.3, 0.4) is 0 Å². The lowest BCUT2D eigenvalue weighted by atomic mass is 9.94. The average Bonchev–Trinajstić information content (AvgIpc) is 2.71. The third-order valence-electron chi connectivity index (χ3n) is 5.32. The summed E-state index contributed by atoms with van der Waals surface area (Å²) in [6, 6.07) is 16.9. The molecule has 1 aliphatic carbocycles. The molecule has 2 aromatic rings. The lowest BCUT2D eigenvalue weighted by Gasteiger charge is -2.35. The number of ether oxygens (including phenoxy) is 1. The second-order valence-electron chi connectivity index (χ2n) is 7.91. The standard InChI is InChI=1S/C24H31NO3S/c1-18-13-14-22(23(15-18)29-21-11-7-4-8-12-21)28-19(2)16-25(17-24(26)27)20-9-5-3-6-10-20/h4,7-8,11-15,19-20H,3,5-6,9-10,16-17H2,1-2H3,(H,26,27). The largest absolute Gasteiger partial charge is 0.488 e. The summed E-state index contributed by atoms with van der Waals surface area (Å²) < 4.78 is 6.32. The smallest absolute Gasteiger partial charge is 0.317 e. The van der Waals surface area contributed by atoms with Crippen LogP contribution in [0, 0.1) is 6.92 Å². The van der Waals surface area contributed by atoms with Crippen LogP contribution in [0.1, 0.15) is 44.6 Å². The van der Waals surface area contributed by atoms with Crippen molar-refractivity contribution in [2.24, 2.45) is 0 Å². The molecular formula is C24H31NO3S. The molecule has 0 radical (unpaired) electrons. The molecular weight excluding hydrogens is 382 g/mol. The number of nitrogens with zero attached hydrogens (tertiary/aromatic N) is 1. The lowest BCUT2D eigenvalue weighted by molar-refractivity contribution is -0.139. The Balaban J connectivity index is 1.69. The zero-order valence-corrected chi connectivity index (χ0v) is 18.2. The van der Waals surface area contributed by atoms with Gasteiger partial charge in [0.1, 0.15) is 11.9 Å². The minimum Gasteiger partial charge on any atom is -0.488 e. The van der Waals surface area contributed by atoms with Crippen LogP contribution in [-0.2, 0) is 4.79 Å². The normalized spacial score (nSPS) is 16.0. The van der Waals surface area contributed by atoms with Gasteiger partial charge >= 0.3 is 5.97 Å². The molecule has 29 heavy (non-hydrogen) atoms. The average molecular weight is 414 g/mol. The number of hydrogen-bond donors (Lipinski definition) is 1. The maximum Gasteiger partial charge on any atom is 0.317 e. The topological polar surface area (TPSA) is 49.8 Å². The van der Waals surface area contributed by atoms with Gasteiger partial charge in [-0.25, -0.2) is 0 Å². The summed E-state index contributed by atoms with van der Waals surface area (Å²) >= 11 is 1.70. The van der Waals surface area contributed by atoms with Gasteiger partial charge in [-0.2, -0.15) is 0 Å². The fourth-order valence-electron chi connectivity index (χ4n) is 3.95. The zero-order chi connectivity index (χ0) is 20.6. The molecule has 0 heterocycles. The number of benzene rings is 2. The van der Waals surface area contributed by atoms with E-state index in [0.717, 1.165) is 23.5 Å². The summed E-state index contributed by atoms with van der Waals surface area (Å²) in [4.78, 5) is 15.8. The number of carboxylic acids is 1. The SMILES string of the molecule is Cc1ccc(OC(C)CN(CC(=O)O)C2CCCCC2)c(Sc2ccccc2)c1. The molecule has 1 aliphatic rings. The number of rotatable bonds is 9. The molecule has 2 aromatic carbocycles. The van der Waals surface area contributed by atoms with E-state index in [1.165, 1.54) is 29.7 Å². The Morgan fingerprint density at radius 1 is 1.17 bits per heavy atom. The van der Waals surface area contributed by atoms with Crippen molar-refractivity contribution in [3.05, 3.63) is 54.1 Å². The van der Waals surface area contributed by atoms with Crippen molar-refractivity contribution < 1.29 is 14.6 Å². The molecule has 1 N–H and O–H groups in total. The molecule has 0 aromatic heterocycles. The van der Waals surface area contributed by atoms with Crippen molar-refractivity contribution in [3.63, 3.8) is 0 Å². The van der Waals surface area contributed by atoms with Crippen molar-refractivity contribution >= 4 is 17.7 Å². The highest BCUT2D eigenvalue weighted by molar-refractivity contribution is 7.99. The predicted molar refractivity (Wildman–Crippen MR) is 118 cm³/mol. The first-order chi connectivity index (χ1) is 14.0. The van der Waals surface area contributed by atoms with E-state index in [2.05, 4.69) is 36.1 Å². The maximum atomic E-state index is 11.4. The minimum absolute atomic E-state index is 0.0812. The number of carbonyl (C=O) groups is 1. The first-order valence-corrected chi connectivity index (χ1v) is 11.3. The Hall–Kier alpha value is -1.98. The molecule has 3 rings (SSSR count). The molecule has 1 atom stereocenters. The van der Waals surface area contributed by atoms with Crippen LogP contribution in [0.15, 0.2) is 58.3 Å². The van der Waals surface area contributed by atoms with E-state index in [-0.39, 0.29) is 12.6 Å². The molecule has 1 fully saturated rings. The van der Waals surface area contributed by atoms with Crippen LogP contribution in [-0.4, -0.2) is 41.2 Å². The van der Waals surface area contributed by atoms with Gasteiger partial charge < -0.3 is 9.84 Å². The van der Waals surface area contributed by atoms with E-state index in [1.807, 2.05) is 31.2 Å². The van der Waals surface area contributed by atoms with Gasteiger partial charge in [0.2, 0.25) is 0 Å². The van der Waals surface area contributed by atoms with E-state index in [4.69, 9.17) is 4.74 Å². The highest BCUT2D eigenvalue weighted by Crippen LogP contribution is 2.36. The quantitative estimate of drug-likeness (QED) is 0.577. The third-order valence-corrected chi connectivity index (χ3v) is 6.37. The molecule has 0 aliphatic heterocycles. The van der Waals surface area contributed by atoms with Gasteiger partial charge in [0.05, 0.1) is 11.4 Å². The number of aryl methyl sites for hydroxylation is 1. The van der Waals surface area contributed by atoms with Gasteiger partial charge in [-0.15, -0.1) is 0 Å². The summed E-state index contributed by atoms with van der Waals surface area (Å²) in [7, 11) is 0. The van der Waals surface area contributed by atoms with Crippen molar-refractivity contribution in [2.75, 3.05) is 13.1 Å². The summed E-state index contributed by atoms with van der Waals surface area (Å²) in [5, 5.41) is 9.37. The van der Waals surface area contributed by atoms with Gasteiger partial charge in [-0.1, -0.05) is 55.3 Å². The fourth-order valence-corrected chi connectivity index (χ4v) is 4.96. The van der Waals surface area contributed by atoms with Gasteiger partial charge in [0, 0.05) is 17.5 Å². The van der Waals surface area contributed by atoms with Crippen LogP contribution in [0.25, 0.3) is 0 Å². The highest BCUT2D eigenvalue weighted by atomic mass is 32.2. The van der Waals surface area contributed by atoms with Gasteiger partial charge in [-0.3, -0.25) is 9.69 Å². The summed E-state index contributed by atoms with van der Waals surface area (Å²) in [6.07, 6.45) is 5.71. The van der Waals surface area contributed by atoms with Crippen LogP contribution < -0.4 is 4.74 Å². The molecule has 5 heteroatoms. The van der Waals surface area contributed by atoms with Crippen molar-refractivity contribution in [3.8, 4) is 5.75 Å². The summed E-state index contributed by atoms with van der Waals surface area (Å²) in [5.74, 6) is 0.0919. The van der Waals surface area contributed by atoms with Crippen molar-refractivity contribution in [2.45, 2.75) is 67.9 Å². The van der Waals surface area contributed by atoms with Crippen LogP contribution in [0.2, 0.25) is 0 Å². The molecule has 4 nitrogen and oxygen atoms in total. The second kappa shape index (κ2) is 10.7. The summed E-state index contributed by atoms with van der Waals surface area (Å²) in [5.41, 5.74) is 1.19. The van der Waals surface area contributed by atoms with E-state index >= 15 is 0 Å². The summed E-state index contributed by atoms with van der Waals surface area (Å²) in [6.45, 7) is 4.83. The third kappa shape index (κ3) is 6.79.